The number of amides is 1. The lowest BCUT2D eigenvalue weighted by atomic mass is 10.1. The minimum absolute atomic E-state index is 0.387. The number of carboxylic acid groups (broad SMARTS) is 1. The number of rotatable bonds is 7. The van der Waals surface area contributed by atoms with Crippen molar-refractivity contribution >= 4 is 29.7 Å². The van der Waals surface area contributed by atoms with Crippen molar-refractivity contribution in [3.05, 3.63) is 41.5 Å². The first-order chi connectivity index (χ1) is 9.54. The molecule has 0 aromatic heterocycles. The van der Waals surface area contributed by atoms with Crippen LogP contribution in [0.1, 0.15) is 17.5 Å². The van der Waals surface area contributed by atoms with Gasteiger partial charge in [-0.1, -0.05) is 24.3 Å². The summed E-state index contributed by atoms with van der Waals surface area (Å²) in [6.07, 6.45) is 5.38. The van der Waals surface area contributed by atoms with Gasteiger partial charge in [-0.3, -0.25) is 4.79 Å². The van der Waals surface area contributed by atoms with Gasteiger partial charge in [0.15, 0.2) is 0 Å². The molecule has 0 aliphatic heterocycles. The van der Waals surface area contributed by atoms with Crippen LogP contribution in [0.2, 0.25) is 0 Å². The van der Waals surface area contributed by atoms with E-state index in [2.05, 4.69) is 5.32 Å². The Labute approximate surface area is 123 Å². The molecule has 0 bridgehead atoms. The molecule has 0 fully saturated rings. The van der Waals surface area contributed by atoms with Crippen molar-refractivity contribution in [2.45, 2.75) is 19.4 Å². The van der Waals surface area contributed by atoms with Crippen molar-refractivity contribution in [1.29, 1.82) is 0 Å². The van der Waals surface area contributed by atoms with Crippen LogP contribution in [0.4, 0.5) is 0 Å². The second-order valence-electron chi connectivity index (χ2n) is 4.37. The largest absolute Gasteiger partial charge is 0.480 e. The highest BCUT2D eigenvalue weighted by Crippen LogP contribution is 2.08. The molecule has 0 aliphatic carbocycles. The maximum absolute atomic E-state index is 11.7. The van der Waals surface area contributed by atoms with Crippen molar-refractivity contribution < 1.29 is 14.7 Å². The summed E-state index contributed by atoms with van der Waals surface area (Å²) in [6.45, 7) is 1.95. The second kappa shape index (κ2) is 8.43. The smallest absolute Gasteiger partial charge is 0.326 e. The summed E-state index contributed by atoms with van der Waals surface area (Å²) in [7, 11) is 0. The Morgan fingerprint density at radius 1 is 1.40 bits per heavy atom. The molecule has 1 aromatic rings. The van der Waals surface area contributed by atoms with Crippen molar-refractivity contribution in [1.82, 2.24) is 5.32 Å². The third kappa shape index (κ3) is 5.48. The normalized spacial score (nSPS) is 12.3. The van der Waals surface area contributed by atoms with E-state index in [1.807, 2.05) is 37.4 Å². The summed E-state index contributed by atoms with van der Waals surface area (Å²) in [5.41, 5.74) is 2.01. The fourth-order valence-electron chi connectivity index (χ4n) is 1.65. The van der Waals surface area contributed by atoms with Gasteiger partial charge in [-0.05, 0) is 42.6 Å². The Morgan fingerprint density at radius 3 is 2.70 bits per heavy atom. The van der Waals surface area contributed by atoms with Crippen LogP contribution in [0.3, 0.4) is 0 Å². The van der Waals surface area contributed by atoms with E-state index < -0.39 is 12.0 Å². The van der Waals surface area contributed by atoms with Gasteiger partial charge in [0.25, 0.3) is 0 Å². The Bertz CT molecular complexity index is 500. The maximum atomic E-state index is 11.7. The van der Waals surface area contributed by atoms with Gasteiger partial charge in [-0.2, -0.15) is 11.8 Å². The van der Waals surface area contributed by atoms with Crippen LogP contribution in [0.5, 0.6) is 0 Å². The molecule has 1 amide bonds. The van der Waals surface area contributed by atoms with Crippen molar-refractivity contribution in [3.8, 4) is 0 Å². The van der Waals surface area contributed by atoms with Gasteiger partial charge in [-0.25, -0.2) is 4.79 Å². The minimum Gasteiger partial charge on any atom is -0.480 e. The number of thioether (sulfide) groups is 1. The van der Waals surface area contributed by atoms with E-state index in [1.165, 1.54) is 6.08 Å². The molecule has 108 valence electrons. The molecule has 0 radical (unpaired) electrons. The summed E-state index contributed by atoms with van der Waals surface area (Å²) in [6, 6.07) is 6.84. The molecule has 1 rings (SSSR count). The van der Waals surface area contributed by atoms with Crippen LogP contribution < -0.4 is 5.32 Å². The van der Waals surface area contributed by atoms with E-state index in [-0.39, 0.29) is 5.91 Å². The Morgan fingerprint density at radius 2 is 2.10 bits per heavy atom. The number of carboxylic acids is 1. The molecule has 0 saturated carbocycles. The maximum Gasteiger partial charge on any atom is 0.326 e. The summed E-state index contributed by atoms with van der Waals surface area (Å²) in [5.74, 6) is -0.697. The van der Waals surface area contributed by atoms with Gasteiger partial charge in [0.05, 0.1) is 0 Å². The molecular weight excluding hydrogens is 274 g/mol. The van der Waals surface area contributed by atoms with E-state index in [1.54, 1.807) is 17.8 Å². The van der Waals surface area contributed by atoms with E-state index in [0.717, 1.165) is 11.1 Å². The van der Waals surface area contributed by atoms with Gasteiger partial charge in [0.2, 0.25) is 5.91 Å². The van der Waals surface area contributed by atoms with E-state index in [0.29, 0.717) is 12.2 Å². The summed E-state index contributed by atoms with van der Waals surface area (Å²) in [5, 5.41) is 11.5. The highest BCUT2D eigenvalue weighted by molar-refractivity contribution is 7.98. The minimum atomic E-state index is -1.00. The van der Waals surface area contributed by atoms with Crippen molar-refractivity contribution in [2.75, 3.05) is 12.0 Å². The van der Waals surface area contributed by atoms with Crippen molar-refractivity contribution in [2.24, 2.45) is 0 Å². The topological polar surface area (TPSA) is 66.4 Å². The first-order valence-corrected chi connectivity index (χ1v) is 7.70. The second-order valence-corrected chi connectivity index (χ2v) is 5.36. The molecule has 20 heavy (non-hydrogen) atoms. The van der Waals surface area contributed by atoms with Gasteiger partial charge in [0, 0.05) is 6.08 Å². The Kier molecular flexibility index (Phi) is 6.87. The number of nitrogens with one attached hydrogen (secondary N) is 1. The number of benzene rings is 1. The lowest BCUT2D eigenvalue weighted by Gasteiger charge is -2.12. The lowest BCUT2D eigenvalue weighted by molar-refractivity contribution is -0.141. The van der Waals surface area contributed by atoms with Gasteiger partial charge < -0.3 is 10.4 Å². The molecule has 0 unspecified atom stereocenters. The lowest BCUT2D eigenvalue weighted by Crippen LogP contribution is -2.40. The third-order valence-corrected chi connectivity index (χ3v) is 3.47. The van der Waals surface area contributed by atoms with Gasteiger partial charge >= 0.3 is 5.97 Å². The van der Waals surface area contributed by atoms with Crippen LogP contribution in [-0.2, 0) is 9.59 Å². The molecule has 0 aliphatic rings. The number of aryl methyl sites for hydroxylation is 1. The monoisotopic (exact) mass is 293 g/mol. The molecule has 4 nitrogen and oxygen atoms in total. The molecule has 5 heteroatoms. The summed E-state index contributed by atoms with van der Waals surface area (Å²) in [4.78, 5) is 22.8. The highest BCUT2D eigenvalue weighted by Gasteiger charge is 2.17. The van der Waals surface area contributed by atoms with E-state index in [4.69, 9.17) is 5.11 Å². The van der Waals surface area contributed by atoms with E-state index >= 15 is 0 Å². The molecule has 2 N–H and O–H groups in total. The first-order valence-electron chi connectivity index (χ1n) is 6.30. The predicted molar refractivity (Wildman–Crippen MR) is 82.8 cm³/mol. The summed E-state index contributed by atoms with van der Waals surface area (Å²) >= 11 is 1.55. The fourth-order valence-corrected chi connectivity index (χ4v) is 2.12. The van der Waals surface area contributed by atoms with Crippen LogP contribution >= 0.6 is 11.8 Å². The SMILES string of the molecule is CSCC[C@@H](NC(=O)/C=C/c1ccccc1C)C(=O)O. The molecule has 1 aromatic carbocycles. The number of hydrogen-bond acceptors (Lipinski definition) is 3. The zero-order chi connectivity index (χ0) is 15.0. The van der Waals surface area contributed by atoms with Crippen molar-refractivity contribution in [3.63, 3.8) is 0 Å². The molecule has 0 saturated heterocycles. The first kappa shape index (κ1) is 16.3. The zero-order valence-electron chi connectivity index (χ0n) is 11.6. The quantitative estimate of drug-likeness (QED) is 0.757. The van der Waals surface area contributed by atoms with Crippen LogP contribution in [0, 0.1) is 6.92 Å². The van der Waals surface area contributed by atoms with Crippen LogP contribution in [0.15, 0.2) is 30.3 Å². The van der Waals surface area contributed by atoms with Gasteiger partial charge in [0.1, 0.15) is 6.04 Å². The number of aliphatic carboxylic acids is 1. The third-order valence-electron chi connectivity index (χ3n) is 2.83. The standard InChI is InChI=1S/C15H19NO3S/c1-11-5-3-4-6-12(11)7-8-14(17)16-13(15(18)19)9-10-20-2/h3-8,13H,9-10H2,1-2H3,(H,16,17)(H,18,19)/b8-7+/t13-/m1/s1. The number of carbonyl (C=O) groups excluding carboxylic acids is 1. The molecular formula is C15H19NO3S. The van der Waals surface area contributed by atoms with Crippen LogP contribution in [-0.4, -0.2) is 35.0 Å². The Hall–Kier alpha value is -1.75. The average molecular weight is 293 g/mol. The highest BCUT2D eigenvalue weighted by atomic mass is 32.2. The summed E-state index contributed by atoms with van der Waals surface area (Å²) < 4.78 is 0. The van der Waals surface area contributed by atoms with E-state index in [9.17, 15) is 9.59 Å². The fraction of sp³-hybridized carbons (Fsp3) is 0.333. The predicted octanol–water partition coefficient (Wildman–Crippen LogP) is 2.33. The zero-order valence-corrected chi connectivity index (χ0v) is 12.4. The average Bonchev–Trinajstić information content (AvgIpc) is 2.42. The number of hydrogen-bond donors (Lipinski definition) is 2. The Balaban J connectivity index is 2.61. The molecule has 0 spiro atoms. The molecule has 0 heterocycles. The van der Waals surface area contributed by atoms with Gasteiger partial charge in [-0.15, -0.1) is 0 Å². The number of carbonyl (C=O) groups is 2. The molecule has 1 atom stereocenters. The van der Waals surface area contributed by atoms with Crippen LogP contribution in [0.25, 0.3) is 6.08 Å².